The SMILES string of the molecule is CC1CC(Oc2nc3sc(-c4ncc(-c5nnn(C)n5)c5cc[nH]c45)nc3s2)CCN1.Cl. The summed E-state index contributed by atoms with van der Waals surface area (Å²) in [4.78, 5) is 20.6. The van der Waals surface area contributed by atoms with Gasteiger partial charge >= 0.3 is 0 Å². The van der Waals surface area contributed by atoms with Gasteiger partial charge in [0, 0.05) is 23.8 Å². The van der Waals surface area contributed by atoms with Crippen molar-refractivity contribution in [2.45, 2.75) is 31.9 Å². The van der Waals surface area contributed by atoms with Gasteiger partial charge in [-0.1, -0.05) is 22.7 Å². The first-order valence-corrected chi connectivity index (χ1v) is 11.7. The number of piperidine rings is 1. The molecular weight excluding hydrogens is 470 g/mol. The van der Waals surface area contributed by atoms with E-state index in [0.29, 0.717) is 17.1 Å². The fourth-order valence-corrected chi connectivity index (χ4v) is 5.85. The number of thiazole rings is 2. The van der Waals surface area contributed by atoms with Crippen LogP contribution in [0, 0.1) is 0 Å². The highest BCUT2D eigenvalue weighted by Gasteiger charge is 2.23. The molecule has 5 aromatic rings. The zero-order chi connectivity index (χ0) is 20.9. The largest absolute Gasteiger partial charge is 0.467 e. The van der Waals surface area contributed by atoms with E-state index >= 15 is 0 Å². The zero-order valence-electron chi connectivity index (χ0n) is 17.3. The van der Waals surface area contributed by atoms with Crippen LogP contribution in [-0.4, -0.2) is 58.8 Å². The number of pyridine rings is 1. The lowest BCUT2D eigenvalue weighted by Gasteiger charge is -2.27. The fourth-order valence-electron chi connectivity index (χ4n) is 3.90. The molecule has 10 nitrogen and oxygen atoms in total. The lowest BCUT2D eigenvalue weighted by Crippen LogP contribution is -2.40. The molecule has 2 unspecified atom stereocenters. The van der Waals surface area contributed by atoms with Crippen LogP contribution in [0.25, 0.3) is 42.7 Å². The molecule has 1 aliphatic rings. The molecule has 32 heavy (non-hydrogen) atoms. The van der Waals surface area contributed by atoms with Crippen molar-refractivity contribution in [2.24, 2.45) is 7.05 Å². The van der Waals surface area contributed by atoms with Gasteiger partial charge in [-0.3, -0.25) is 4.98 Å². The van der Waals surface area contributed by atoms with Crippen LogP contribution in [0.15, 0.2) is 18.5 Å². The number of hydrogen-bond donors (Lipinski definition) is 2. The highest BCUT2D eigenvalue weighted by atomic mass is 35.5. The van der Waals surface area contributed by atoms with Gasteiger partial charge in [0.15, 0.2) is 9.66 Å². The van der Waals surface area contributed by atoms with E-state index in [1.807, 2.05) is 12.3 Å². The lowest BCUT2D eigenvalue weighted by atomic mass is 10.0. The minimum absolute atomic E-state index is 0. The molecule has 5 aromatic heterocycles. The van der Waals surface area contributed by atoms with Crippen molar-refractivity contribution in [1.82, 2.24) is 45.5 Å². The van der Waals surface area contributed by atoms with E-state index in [-0.39, 0.29) is 18.5 Å². The van der Waals surface area contributed by atoms with E-state index in [1.54, 1.807) is 13.2 Å². The molecule has 0 saturated carbocycles. The molecule has 0 bridgehead atoms. The van der Waals surface area contributed by atoms with Gasteiger partial charge in [-0.15, -0.1) is 22.6 Å². The van der Waals surface area contributed by atoms with Crippen LogP contribution in [0.3, 0.4) is 0 Å². The summed E-state index contributed by atoms with van der Waals surface area (Å²) in [6, 6.07) is 2.46. The Bertz CT molecular complexity index is 1360. The smallest absolute Gasteiger partial charge is 0.276 e. The van der Waals surface area contributed by atoms with E-state index in [9.17, 15) is 0 Å². The maximum atomic E-state index is 6.13. The first-order valence-electron chi connectivity index (χ1n) is 10.0. The Labute approximate surface area is 196 Å². The molecule has 1 aliphatic heterocycles. The highest BCUT2D eigenvalue weighted by molar-refractivity contribution is 7.28. The first-order chi connectivity index (χ1) is 15.1. The second-order valence-corrected chi connectivity index (χ2v) is 9.54. The molecule has 1 fully saturated rings. The van der Waals surface area contributed by atoms with Crippen LogP contribution >= 0.6 is 35.1 Å². The summed E-state index contributed by atoms with van der Waals surface area (Å²) in [6.45, 7) is 3.16. The number of H-pyrrole nitrogens is 1. The summed E-state index contributed by atoms with van der Waals surface area (Å²) in [6.07, 6.45) is 5.86. The summed E-state index contributed by atoms with van der Waals surface area (Å²) in [5.41, 5.74) is 2.51. The van der Waals surface area contributed by atoms with Crippen LogP contribution in [0.5, 0.6) is 5.19 Å². The first kappa shape index (κ1) is 21.2. The molecular formula is C19H20ClN9OS2. The second-order valence-electron chi connectivity index (χ2n) is 7.62. The van der Waals surface area contributed by atoms with Gasteiger partial charge in [0.05, 0.1) is 18.1 Å². The number of aryl methyl sites for hydroxylation is 1. The quantitative estimate of drug-likeness (QED) is 0.394. The molecule has 0 amide bonds. The summed E-state index contributed by atoms with van der Waals surface area (Å²) >= 11 is 3.02. The Kier molecular flexibility index (Phi) is 5.53. The Balaban J connectivity index is 0.00000216. The summed E-state index contributed by atoms with van der Waals surface area (Å²) in [5.74, 6) is 0.543. The van der Waals surface area contributed by atoms with E-state index in [1.165, 1.54) is 27.5 Å². The van der Waals surface area contributed by atoms with E-state index in [2.05, 4.69) is 42.6 Å². The molecule has 166 valence electrons. The number of nitrogens with zero attached hydrogens (tertiary/aromatic N) is 7. The van der Waals surface area contributed by atoms with E-state index < -0.39 is 0 Å². The lowest BCUT2D eigenvalue weighted by molar-refractivity contribution is 0.144. The summed E-state index contributed by atoms with van der Waals surface area (Å²) in [5, 5.41) is 18.3. The third-order valence-corrected chi connectivity index (χ3v) is 7.27. The predicted molar refractivity (Wildman–Crippen MR) is 127 cm³/mol. The maximum Gasteiger partial charge on any atom is 0.276 e. The number of aromatic nitrogens is 8. The van der Waals surface area contributed by atoms with Crippen molar-refractivity contribution < 1.29 is 4.74 Å². The molecule has 0 aliphatic carbocycles. The highest BCUT2D eigenvalue weighted by Crippen LogP contribution is 2.39. The number of hydrogen-bond acceptors (Lipinski definition) is 10. The predicted octanol–water partition coefficient (Wildman–Crippen LogP) is 3.43. The average molecular weight is 490 g/mol. The average Bonchev–Trinajstić information content (AvgIpc) is 3.50. The molecule has 6 heterocycles. The maximum absolute atomic E-state index is 6.13. The van der Waals surface area contributed by atoms with Crippen LogP contribution in [0.4, 0.5) is 0 Å². The molecule has 6 rings (SSSR count). The van der Waals surface area contributed by atoms with Gasteiger partial charge in [-0.2, -0.15) is 9.78 Å². The molecule has 0 spiro atoms. The van der Waals surface area contributed by atoms with Crippen molar-refractivity contribution in [3.8, 4) is 27.3 Å². The number of aromatic amines is 1. The Morgan fingerprint density at radius 2 is 2.09 bits per heavy atom. The van der Waals surface area contributed by atoms with Crippen molar-refractivity contribution in [3.05, 3.63) is 18.5 Å². The third-order valence-electron chi connectivity index (χ3n) is 5.35. The second kappa shape index (κ2) is 8.35. The number of ether oxygens (including phenoxy) is 1. The molecule has 0 radical (unpaired) electrons. The molecule has 13 heteroatoms. The van der Waals surface area contributed by atoms with E-state index in [4.69, 9.17) is 9.72 Å². The number of nitrogens with one attached hydrogen (secondary N) is 2. The Morgan fingerprint density at radius 1 is 1.22 bits per heavy atom. The number of tetrazole rings is 1. The zero-order valence-corrected chi connectivity index (χ0v) is 19.7. The number of fused-ring (bicyclic) bond motifs is 2. The Morgan fingerprint density at radius 3 is 2.88 bits per heavy atom. The van der Waals surface area contributed by atoms with Crippen molar-refractivity contribution in [2.75, 3.05) is 6.54 Å². The monoisotopic (exact) mass is 489 g/mol. The normalized spacial score (nSPS) is 18.8. The van der Waals surface area contributed by atoms with Crippen LogP contribution in [-0.2, 0) is 7.05 Å². The van der Waals surface area contributed by atoms with Crippen LogP contribution in [0.2, 0.25) is 0 Å². The van der Waals surface area contributed by atoms with Gasteiger partial charge < -0.3 is 15.0 Å². The van der Waals surface area contributed by atoms with Crippen LogP contribution < -0.4 is 10.1 Å². The van der Waals surface area contributed by atoms with Gasteiger partial charge in [-0.25, -0.2) is 4.98 Å². The minimum Gasteiger partial charge on any atom is -0.467 e. The minimum atomic E-state index is 0. The molecule has 2 atom stereocenters. The number of halogens is 1. The summed E-state index contributed by atoms with van der Waals surface area (Å²) in [7, 11) is 1.74. The number of rotatable bonds is 4. The molecule has 1 saturated heterocycles. The topological polar surface area (TPSA) is 119 Å². The summed E-state index contributed by atoms with van der Waals surface area (Å²) < 4.78 is 6.13. The third kappa shape index (κ3) is 3.72. The fraction of sp³-hybridized carbons (Fsp3) is 0.368. The van der Waals surface area contributed by atoms with Crippen molar-refractivity contribution in [1.29, 1.82) is 0 Å². The van der Waals surface area contributed by atoms with Gasteiger partial charge in [0.25, 0.3) is 5.19 Å². The molecule has 0 aromatic carbocycles. The van der Waals surface area contributed by atoms with Crippen molar-refractivity contribution >= 4 is 55.6 Å². The van der Waals surface area contributed by atoms with Gasteiger partial charge in [-0.05, 0) is 37.6 Å². The van der Waals surface area contributed by atoms with Crippen LogP contribution in [0.1, 0.15) is 19.8 Å². The Hall–Kier alpha value is -2.67. The van der Waals surface area contributed by atoms with Gasteiger partial charge in [0.2, 0.25) is 5.82 Å². The van der Waals surface area contributed by atoms with Crippen molar-refractivity contribution in [3.63, 3.8) is 0 Å². The molecule has 2 N–H and O–H groups in total. The standard InChI is InChI=1S/C19H19N9OS2.ClH/c1-9-7-10(3-5-20-9)29-19-24-18-17(31-19)23-16(30-18)14-13-11(4-6-21-13)12(8-22-14)15-25-27-28(2)26-15;/h4,6,8-10,20-21H,3,5,7H2,1-2H3;1H. The van der Waals surface area contributed by atoms with E-state index in [0.717, 1.165) is 56.2 Å². The van der Waals surface area contributed by atoms with Gasteiger partial charge in [0.1, 0.15) is 16.8 Å².